The van der Waals surface area contributed by atoms with Gasteiger partial charge in [-0.3, -0.25) is 4.79 Å². The summed E-state index contributed by atoms with van der Waals surface area (Å²) in [6, 6.07) is 6.07. The van der Waals surface area contributed by atoms with E-state index in [1.54, 1.807) is 26.3 Å². The number of nitrogens with one attached hydrogen (secondary N) is 1. The second kappa shape index (κ2) is 8.78. The first-order chi connectivity index (χ1) is 11.9. The first-order valence-electron chi connectivity index (χ1n) is 8.74. The fraction of sp³-hybridized carbons (Fsp3) is 0.611. The van der Waals surface area contributed by atoms with Crippen molar-refractivity contribution < 1.29 is 17.9 Å². The number of amides is 1. The van der Waals surface area contributed by atoms with Gasteiger partial charge in [0.05, 0.1) is 11.5 Å². The molecule has 0 aliphatic heterocycles. The minimum Gasteiger partial charge on any atom is -0.383 e. The van der Waals surface area contributed by atoms with Crippen molar-refractivity contribution in [1.29, 1.82) is 0 Å². The summed E-state index contributed by atoms with van der Waals surface area (Å²) in [5.41, 5.74) is 0.433. The summed E-state index contributed by atoms with van der Waals surface area (Å²) >= 11 is 0. The van der Waals surface area contributed by atoms with Crippen molar-refractivity contribution in [2.45, 2.75) is 56.0 Å². The van der Waals surface area contributed by atoms with E-state index in [1.807, 2.05) is 6.92 Å². The fourth-order valence-corrected chi connectivity index (χ4v) is 4.60. The van der Waals surface area contributed by atoms with Gasteiger partial charge in [0.2, 0.25) is 10.0 Å². The molecule has 0 aromatic heterocycles. The molecular weight excluding hydrogens is 340 g/mol. The number of carbonyl (C=O) groups excluding carboxylic acids is 1. The van der Waals surface area contributed by atoms with Gasteiger partial charge in [-0.2, -0.15) is 4.31 Å². The number of hydrogen-bond acceptors (Lipinski definition) is 4. The quantitative estimate of drug-likeness (QED) is 0.802. The predicted octanol–water partition coefficient (Wildman–Crippen LogP) is 2.40. The number of rotatable bonds is 7. The van der Waals surface area contributed by atoms with Crippen LogP contribution in [0.1, 0.15) is 49.4 Å². The zero-order valence-electron chi connectivity index (χ0n) is 15.2. The van der Waals surface area contributed by atoms with Gasteiger partial charge in [0, 0.05) is 31.8 Å². The summed E-state index contributed by atoms with van der Waals surface area (Å²) in [5.74, 6) is -0.242. The number of sulfonamides is 1. The zero-order valence-corrected chi connectivity index (χ0v) is 16.0. The van der Waals surface area contributed by atoms with E-state index in [4.69, 9.17) is 4.74 Å². The average Bonchev–Trinajstić information content (AvgIpc) is 2.62. The molecule has 1 aromatic carbocycles. The lowest BCUT2D eigenvalue weighted by Gasteiger charge is -2.30. The van der Waals surface area contributed by atoms with E-state index in [1.165, 1.54) is 22.9 Å². The highest BCUT2D eigenvalue weighted by molar-refractivity contribution is 7.89. The first-order valence-corrected chi connectivity index (χ1v) is 10.2. The van der Waals surface area contributed by atoms with Gasteiger partial charge in [-0.25, -0.2) is 8.42 Å². The number of benzene rings is 1. The molecule has 1 aliphatic rings. The summed E-state index contributed by atoms with van der Waals surface area (Å²) < 4.78 is 32.0. The minimum atomic E-state index is -3.53. The maximum absolute atomic E-state index is 12.8. The number of carbonyl (C=O) groups is 1. The first kappa shape index (κ1) is 19.9. The van der Waals surface area contributed by atoms with E-state index in [0.29, 0.717) is 12.2 Å². The van der Waals surface area contributed by atoms with Crippen LogP contribution in [0.5, 0.6) is 0 Å². The Morgan fingerprint density at radius 3 is 2.40 bits per heavy atom. The maximum atomic E-state index is 12.8. The highest BCUT2D eigenvalue weighted by Crippen LogP contribution is 2.26. The molecule has 1 aromatic rings. The third-order valence-electron chi connectivity index (χ3n) is 4.68. The summed E-state index contributed by atoms with van der Waals surface area (Å²) in [7, 11) is -0.305. The van der Waals surface area contributed by atoms with Crippen LogP contribution in [0.3, 0.4) is 0 Å². The largest absolute Gasteiger partial charge is 0.383 e. The molecule has 0 spiro atoms. The Kier molecular flexibility index (Phi) is 6.98. The highest BCUT2D eigenvalue weighted by Gasteiger charge is 2.29. The van der Waals surface area contributed by atoms with Crippen LogP contribution in [0, 0.1) is 0 Å². The number of nitrogens with zero attached hydrogens (tertiary/aromatic N) is 1. The summed E-state index contributed by atoms with van der Waals surface area (Å²) in [4.78, 5) is 12.4. The second-order valence-electron chi connectivity index (χ2n) is 6.67. The molecule has 1 fully saturated rings. The van der Waals surface area contributed by atoms with E-state index < -0.39 is 10.0 Å². The molecule has 1 N–H and O–H groups in total. The van der Waals surface area contributed by atoms with Crippen molar-refractivity contribution in [2.24, 2.45) is 0 Å². The van der Waals surface area contributed by atoms with Gasteiger partial charge in [0.15, 0.2) is 0 Å². The molecule has 0 bridgehead atoms. The van der Waals surface area contributed by atoms with Gasteiger partial charge in [-0.15, -0.1) is 0 Å². The topological polar surface area (TPSA) is 75.7 Å². The van der Waals surface area contributed by atoms with Crippen LogP contribution in [0.2, 0.25) is 0 Å². The van der Waals surface area contributed by atoms with Crippen molar-refractivity contribution in [3.05, 3.63) is 29.8 Å². The van der Waals surface area contributed by atoms with Crippen LogP contribution in [0.25, 0.3) is 0 Å². The van der Waals surface area contributed by atoms with E-state index in [9.17, 15) is 13.2 Å². The van der Waals surface area contributed by atoms with Crippen molar-refractivity contribution in [2.75, 3.05) is 20.8 Å². The predicted molar refractivity (Wildman–Crippen MR) is 97.1 cm³/mol. The molecule has 1 unspecified atom stereocenters. The summed E-state index contributed by atoms with van der Waals surface area (Å²) in [5, 5.41) is 2.81. The minimum absolute atomic E-state index is 0.0663. The van der Waals surface area contributed by atoms with E-state index in [-0.39, 0.29) is 22.9 Å². The molecule has 1 saturated carbocycles. The Balaban J connectivity index is 2.08. The zero-order chi connectivity index (χ0) is 18.4. The smallest absolute Gasteiger partial charge is 0.251 e. The lowest BCUT2D eigenvalue weighted by atomic mass is 9.96. The summed E-state index contributed by atoms with van der Waals surface area (Å²) in [6.45, 7) is 2.27. The second-order valence-corrected chi connectivity index (χ2v) is 8.66. The van der Waals surface area contributed by atoms with Crippen molar-refractivity contribution >= 4 is 15.9 Å². The molecule has 0 heterocycles. The highest BCUT2D eigenvalue weighted by atomic mass is 32.2. The monoisotopic (exact) mass is 368 g/mol. The number of ether oxygens (including phenoxy) is 1. The Morgan fingerprint density at radius 1 is 1.24 bits per heavy atom. The molecular formula is C18H28N2O4S. The number of methoxy groups -OCH3 is 1. The van der Waals surface area contributed by atoms with Crippen LogP contribution in [-0.2, 0) is 14.8 Å². The molecule has 0 radical (unpaired) electrons. The Labute approximate surface area is 150 Å². The third-order valence-corrected chi connectivity index (χ3v) is 6.60. The lowest BCUT2D eigenvalue weighted by molar-refractivity contribution is 0.0905. The maximum Gasteiger partial charge on any atom is 0.251 e. The van der Waals surface area contributed by atoms with Crippen LogP contribution < -0.4 is 5.32 Å². The van der Waals surface area contributed by atoms with Crippen LogP contribution in [-0.4, -0.2) is 51.5 Å². The SMILES string of the molecule is COCC(C)NC(=O)c1ccc(S(=O)(=O)N(C)C2CCCCC2)cc1. The van der Waals surface area contributed by atoms with Gasteiger partial charge < -0.3 is 10.1 Å². The average molecular weight is 368 g/mol. The molecule has 1 aliphatic carbocycles. The molecule has 1 atom stereocenters. The van der Waals surface area contributed by atoms with Gasteiger partial charge >= 0.3 is 0 Å². The summed E-state index contributed by atoms with van der Waals surface area (Å²) in [6.07, 6.45) is 5.14. The van der Waals surface area contributed by atoms with Crippen molar-refractivity contribution in [1.82, 2.24) is 9.62 Å². The Bertz CT molecular complexity index is 667. The van der Waals surface area contributed by atoms with Crippen LogP contribution in [0.4, 0.5) is 0 Å². The van der Waals surface area contributed by atoms with Crippen LogP contribution >= 0.6 is 0 Å². The van der Waals surface area contributed by atoms with E-state index in [0.717, 1.165) is 25.7 Å². The van der Waals surface area contributed by atoms with Crippen molar-refractivity contribution in [3.63, 3.8) is 0 Å². The molecule has 6 nitrogen and oxygen atoms in total. The Hall–Kier alpha value is -1.44. The fourth-order valence-electron chi connectivity index (χ4n) is 3.18. The number of hydrogen-bond donors (Lipinski definition) is 1. The molecule has 0 saturated heterocycles. The normalized spacial score (nSPS) is 17.4. The van der Waals surface area contributed by atoms with E-state index in [2.05, 4.69) is 5.32 Å². The van der Waals surface area contributed by atoms with Crippen LogP contribution in [0.15, 0.2) is 29.2 Å². The standard InChI is InChI=1S/C18H28N2O4S/c1-14(13-24-3)19-18(21)15-9-11-17(12-10-15)25(22,23)20(2)16-7-5-4-6-8-16/h9-12,14,16H,4-8,13H2,1-3H3,(H,19,21). The van der Waals surface area contributed by atoms with Gasteiger partial charge in [0.25, 0.3) is 5.91 Å². The van der Waals surface area contributed by atoms with Gasteiger partial charge in [0.1, 0.15) is 0 Å². The molecule has 2 rings (SSSR count). The molecule has 140 valence electrons. The molecule has 25 heavy (non-hydrogen) atoms. The molecule has 7 heteroatoms. The van der Waals surface area contributed by atoms with Gasteiger partial charge in [-0.1, -0.05) is 19.3 Å². The van der Waals surface area contributed by atoms with Crippen molar-refractivity contribution in [3.8, 4) is 0 Å². The van der Waals surface area contributed by atoms with E-state index >= 15 is 0 Å². The Morgan fingerprint density at radius 2 is 1.84 bits per heavy atom. The van der Waals surface area contributed by atoms with Gasteiger partial charge in [-0.05, 0) is 44.0 Å². The molecule has 1 amide bonds. The third kappa shape index (κ3) is 5.03. The lowest BCUT2D eigenvalue weighted by Crippen LogP contribution is -2.38.